The molecule has 1 aromatic carbocycles. The highest BCUT2D eigenvalue weighted by atomic mass is 127. The van der Waals surface area contributed by atoms with E-state index in [0.717, 1.165) is 9.13 Å². The minimum atomic E-state index is -0.635. The highest BCUT2D eigenvalue weighted by molar-refractivity contribution is 14.1. The van der Waals surface area contributed by atoms with Crippen LogP contribution in [-0.4, -0.2) is 23.2 Å². The number of carbonyl (C=O) groups excluding carboxylic acids is 1. The predicted molar refractivity (Wildman–Crippen MR) is 63.8 cm³/mol. The molecular formula is C10H7IN2O3. The number of methoxy groups -OCH3 is 1. The molecule has 0 bridgehead atoms. The Kier molecular flexibility index (Phi) is 3.18. The quantitative estimate of drug-likeness (QED) is 0.623. The molecule has 0 spiro atoms. The molecule has 0 aliphatic heterocycles. The third kappa shape index (κ3) is 2.21. The average molecular weight is 330 g/mol. The van der Waals surface area contributed by atoms with Gasteiger partial charge in [0.1, 0.15) is 0 Å². The van der Waals surface area contributed by atoms with Crippen molar-refractivity contribution in [1.82, 2.24) is 10.1 Å². The lowest BCUT2D eigenvalue weighted by Gasteiger charge is -1.93. The van der Waals surface area contributed by atoms with Gasteiger partial charge in [-0.3, -0.25) is 0 Å². The first-order valence-electron chi connectivity index (χ1n) is 4.38. The molecule has 82 valence electrons. The lowest BCUT2D eigenvalue weighted by Crippen LogP contribution is -2.00. The normalized spacial score (nSPS) is 10.1. The van der Waals surface area contributed by atoms with E-state index in [4.69, 9.17) is 4.52 Å². The first kappa shape index (κ1) is 11.1. The molecule has 0 aliphatic carbocycles. The molecule has 0 atom stereocenters. The Morgan fingerprint density at radius 2 is 2.31 bits per heavy atom. The number of carbonyl (C=O) groups is 1. The van der Waals surface area contributed by atoms with Gasteiger partial charge in [0.2, 0.25) is 5.82 Å². The van der Waals surface area contributed by atoms with Crippen molar-refractivity contribution in [3.63, 3.8) is 0 Å². The number of benzene rings is 1. The smallest absolute Gasteiger partial charge is 0.397 e. The molecule has 0 fully saturated rings. The zero-order chi connectivity index (χ0) is 11.5. The molecule has 5 nitrogen and oxygen atoms in total. The van der Waals surface area contributed by atoms with Gasteiger partial charge in [-0.2, -0.15) is 4.98 Å². The van der Waals surface area contributed by atoms with E-state index in [1.165, 1.54) is 7.11 Å². The van der Waals surface area contributed by atoms with Crippen LogP contribution in [-0.2, 0) is 4.74 Å². The van der Waals surface area contributed by atoms with Crippen molar-refractivity contribution < 1.29 is 14.1 Å². The fourth-order valence-electron chi connectivity index (χ4n) is 1.14. The lowest BCUT2D eigenvalue weighted by molar-refractivity contribution is 0.0545. The Balaban J connectivity index is 2.35. The van der Waals surface area contributed by atoms with Gasteiger partial charge in [0.25, 0.3) is 0 Å². The maximum Gasteiger partial charge on any atom is 0.397 e. The molecule has 6 heteroatoms. The van der Waals surface area contributed by atoms with E-state index in [1.807, 2.05) is 24.3 Å². The highest BCUT2D eigenvalue weighted by Crippen LogP contribution is 2.18. The van der Waals surface area contributed by atoms with Crippen molar-refractivity contribution >= 4 is 28.6 Å². The molecule has 2 aromatic rings. The molecule has 1 aromatic heterocycles. The number of nitrogens with zero attached hydrogens (tertiary/aromatic N) is 2. The van der Waals surface area contributed by atoms with Crippen LogP contribution in [0.3, 0.4) is 0 Å². The number of rotatable bonds is 2. The summed E-state index contributed by atoms with van der Waals surface area (Å²) in [5.74, 6) is -0.403. The van der Waals surface area contributed by atoms with Gasteiger partial charge in [-0.25, -0.2) is 4.79 Å². The molecule has 1 heterocycles. The number of halogens is 1. The summed E-state index contributed by atoms with van der Waals surface area (Å²) in [7, 11) is 1.26. The molecule has 16 heavy (non-hydrogen) atoms. The Labute approximate surface area is 105 Å². The summed E-state index contributed by atoms with van der Waals surface area (Å²) in [6.07, 6.45) is 0. The van der Waals surface area contributed by atoms with Gasteiger partial charge in [0, 0.05) is 9.13 Å². The van der Waals surface area contributed by atoms with Gasteiger partial charge < -0.3 is 9.26 Å². The average Bonchev–Trinajstić information content (AvgIpc) is 2.77. The SMILES string of the molecule is COC(=O)c1nc(-c2cccc(I)c2)no1. The molecule has 0 unspecified atom stereocenters. The summed E-state index contributed by atoms with van der Waals surface area (Å²) >= 11 is 2.18. The number of hydrogen-bond donors (Lipinski definition) is 0. The van der Waals surface area contributed by atoms with E-state index >= 15 is 0 Å². The van der Waals surface area contributed by atoms with E-state index in [1.54, 1.807) is 0 Å². The number of aromatic nitrogens is 2. The second-order valence-electron chi connectivity index (χ2n) is 2.93. The molecule has 2 rings (SSSR count). The molecule has 0 saturated heterocycles. The molecule has 0 amide bonds. The van der Waals surface area contributed by atoms with Crippen LogP contribution in [0.25, 0.3) is 11.4 Å². The second kappa shape index (κ2) is 4.60. The summed E-state index contributed by atoms with van der Waals surface area (Å²) in [5, 5.41) is 3.71. The molecule has 0 aliphatic rings. The van der Waals surface area contributed by atoms with Crippen LogP contribution in [0.2, 0.25) is 0 Å². The van der Waals surface area contributed by atoms with Crippen LogP contribution in [0, 0.1) is 3.57 Å². The third-order valence-corrected chi connectivity index (χ3v) is 2.54. The summed E-state index contributed by atoms with van der Waals surface area (Å²) in [5.41, 5.74) is 0.797. The van der Waals surface area contributed by atoms with Crippen LogP contribution in [0.1, 0.15) is 10.7 Å². The lowest BCUT2D eigenvalue weighted by atomic mass is 10.2. The van der Waals surface area contributed by atoms with Gasteiger partial charge in [-0.05, 0) is 34.7 Å². The minimum absolute atomic E-state index is 0.142. The van der Waals surface area contributed by atoms with Crippen molar-refractivity contribution in [2.24, 2.45) is 0 Å². The summed E-state index contributed by atoms with van der Waals surface area (Å²) in [6.45, 7) is 0. The standard InChI is InChI=1S/C10H7IN2O3/c1-15-10(14)9-12-8(13-16-9)6-3-2-4-7(11)5-6/h2-5H,1H3. The Morgan fingerprint density at radius 3 is 3.00 bits per heavy atom. The predicted octanol–water partition coefficient (Wildman–Crippen LogP) is 2.13. The Bertz CT molecular complexity index is 524. The second-order valence-corrected chi connectivity index (χ2v) is 4.17. The van der Waals surface area contributed by atoms with Crippen molar-refractivity contribution in [2.45, 2.75) is 0 Å². The third-order valence-electron chi connectivity index (χ3n) is 1.87. The van der Waals surface area contributed by atoms with Gasteiger partial charge in [-0.15, -0.1) is 0 Å². The molecule has 0 radical (unpaired) electrons. The first-order valence-corrected chi connectivity index (χ1v) is 5.46. The monoisotopic (exact) mass is 330 g/mol. The van der Waals surface area contributed by atoms with E-state index in [-0.39, 0.29) is 5.89 Å². The molecule has 0 N–H and O–H groups in total. The number of esters is 1. The summed E-state index contributed by atoms with van der Waals surface area (Å²) < 4.78 is 10.3. The topological polar surface area (TPSA) is 65.2 Å². The first-order chi connectivity index (χ1) is 7.70. The van der Waals surface area contributed by atoms with Crippen LogP contribution < -0.4 is 0 Å². The minimum Gasteiger partial charge on any atom is -0.462 e. The van der Waals surface area contributed by atoms with Crippen LogP contribution in [0.4, 0.5) is 0 Å². The van der Waals surface area contributed by atoms with Gasteiger partial charge in [0.05, 0.1) is 7.11 Å². The molecular weight excluding hydrogens is 323 g/mol. The Morgan fingerprint density at radius 1 is 1.50 bits per heavy atom. The van der Waals surface area contributed by atoms with Gasteiger partial charge in [0.15, 0.2) is 0 Å². The van der Waals surface area contributed by atoms with E-state index in [0.29, 0.717) is 5.82 Å². The largest absolute Gasteiger partial charge is 0.462 e. The summed E-state index contributed by atoms with van der Waals surface area (Å²) in [4.78, 5) is 15.0. The zero-order valence-electron chi connectivity index (χ0n) is 8.31. The van der Waals surface area contributed by atoms with Gasteiger partial charge >= 0.3 is 11.9 Å². The van der Waals surface area contributed by atoms with E-state index in [2.05, 4.69) is 37.5 Å². The van der Waals surface area contributed by atoms with Crippen molar-refractivity contribution in [3.05, 3.63) is 33.7 Å². The van der Waals surface area contributed by atoms with Crippen LogP contribution >= 0.6 is 22.6 Å². The van der Waals surface area contributed by atoms with Crippen LogP contribution in [0.5, 0.6) is 0 Å². The number of ether oxygens (including phenoxy) is 1. The van der Waals surface area contributed by atoms with Gasteiger partial charge in [-0.1, -0.05) is 17.3 Å². The maximum atomic E-state index is 11.1. The fourth-order valence-corrected chi connectivity index (χ4v) is 1.68. The van der Waals surface area contributed by atoms with Crippen molar-refractivity contribution in [1.29, 1.82) is 0 Å². The Hall–Kier alpha value is -1.44. The fraction of sp³-hybridized carbons (Fsp3) is 0.100. The summed E-state index contributed by atoms with van der Waals surface area (Å²) in [6, 6.07) is 7.57. The highest BCUT2D eigenvalue weighted by Gasteiger charge is 2.16. The van der Waals surface area contributed by atoms with E-state index < -0.39 is 5.97 Å². The van der Waals surface area contributed by atoms with Crippen molar-refractivity contribution in [3.8, 4) is 11.4 Å². The molecule has 0 saturated carbocycles. The maximum absolute atomic E-state index is 11.1. The number of hydrogen-bond acceptors (Lipinski definition) is 5. The zero-order valence-corrected chi connectivity index (χ0v) is 10.5. The van der Waals surface area contributed by atoms with Crippen molar-refractivity contribution in [2.75, 3.05) is 7.11 Å². The van der Waals surface area contributed by atoms with Crippen LogP contribution in [0.15, 0.2) is 28.8 Å². The van der Waals surface area contributed by atoms with E-state index in [9.17, 15) is 4.79 Å².